The van der Waals surface area contributed by atoms with Crippen LogP contribution in [-0.2, 0) is 5.41 Å². The fraction of sp³-hybridized carbons (Fsp3) is 0.320. The molecule has 2 aromatic rings. The lowest BCUT2D eigenvalue weighted by Gasteiger charge is -2.33. The number of hydrogen-bond acceptors (Lipinski definition) is 1. The van der Waals surface area contributed by atoms with E-state index in [1.807, 2.05) is 12.1 Å². The van der Waals surface area contributed by atoms with Gasteiger partial charge in [0.25, 0.3) is 0 Å². The molecule has 0 saturated carbocycles. The third-order valence-electron chi connectivity index (χ3n) is 5.62. The summed E-state index contributed by atoms with van der Waals surface area (Å²) in [5, 5.41) is 9.11. The van der Waals surface area contributed by atoms with E-state index < -0.39 is 5.97 Å². The Kier molecular flexibility index (Phi) is 5.10. The second-order valence-corrected chi connectivity index (χ2v) is 8.14. The molecule has 0 amide bonds. The van der Waals surface area contributed by atoms with Gasteiger partial charge in [-0.25, -0.2) is 4.79 Å². The lowest BCUT2D eigenvalue weighted by Crippen LogP contribution is -2.22. The molecule has 1 aliphatic rings. The second kappa shape index (κ2) is 7.19. The van der Waals surface area contributed by atoms with Gasteiger partial charge in [0.05, 0.1) is 5.56 Å². The van der Waals surface area contributed by atoms with Gasteiger partial charge < -0.3 is 5.11 Å². The quantitative estimate of drug-likeness (QED) is 0.650. The molecule has 2 nitrogen and oxygen atoms in total. The van der Waals surface area contributed by atoms with Crippen LogP contribution in [0.3, 0.4) is 0 Å². The summed E-state index contributed by atoms with van der Waals surface area (Å²) in [4.78, 5) is 11.1. The van der Waals surface area contributed by atoms with Crippen LogP contribution in [0.4, 0.5) is 0 Å². The van der Waals surface area contributed by atoms with Crippen molar-refractivity contribution in [3.05, 3.63) is 82.4 Å². The number of allylic oxidation sites excluding steroid dienone is 2. The zero-order chi connectivity index (χ0) is 19.8. The summed E-state index contributed by atoms with van der Waals surface area (Å²) >= 11 is 0. The van der Waals surface area contributed by atoms with Crippen molar-refractivity contribution < 1.29 is 9.90 Å². The first-order chi connectivity index (χ1) is 12.7. The monoisotopic (exact) mass is 360 g/mol. The van der Waals surface area contributed by atoms with Crippen LogP contribution in [0, 0.1) is 6.92 Å². The highest BCUT2D eigenvalue weighted by Gasteiger charge is 2.28. The summed E-state index contributed by atoms with van der Waals surface area (Å²) in [6.07, 6.45) is 5.69. The molecule has 0 spiro atoms. The van der Waals surface area contributed by atoms with E-state index in [2.05, 4.69) is 52.5 Å². The fourth-order valence-corrected chi connectivity index (χ4v) is 3.93. The Balaban J connectivity index is 2.07. The van der Waals surface area contributed by atoms with Crippen LogP contribution in [0.1, 0.15) is 78.2 Å². The van der Waals surface area contributed by atoms with Crippen LogP contribution in [-0.4, -0.2) is 11.1 Å². The molecule has 0 unspecified atom stereocenters. The topological polar surface area (TPSA) is 37.3 Å². The predicted octanol–water partition coefficient (Wildman–Crippen LogP) is 6.62. The third kappa shape index (κ3) is 3.62. The Morgan fingerprint density at radius 2 is 1.78 bits per heavy atom. The van der Waals surface area contributed by atoms with E-state index in [-0.39, 0.29) is 5.41 Å². The van der Waals surface area contributed by atoms with Gasteiger partial charge in [-0.3, -0.25) is 0 Å². The van der Waals surface area contributed by atoms with E-state index in [9.17, 15) is 4.79 Å². The van der Waals surface area contributed by atoms with Crippen molar-refractivity contribution in [3.8, 4) is 0 Å². The third-order valence-corrected chi connectivity index (χ3v) is 5.62. The van der Waals surface area contributed by atoms with Crippen LogP contribution in [0.5, 0.6) is 0 Å². The molecule has 0 saturated heterocycles. The zero-order valence-electron chi connectivity index (χ0n) is 16.7. The van der Waals surface area contributed by atoms with Gasteiger partial charge in [0.15, 0.2) is 0 Å². The van der Waals surface area contributed by atoms with Gasteiger partial charge in [0, 0.05) is 0 Å². The van der Waals surface area contributed by atoms with Gasteiger partial charge in [0.2, 0.25) is 0 Å². The number of hydrogen-bond donors (Lipinski definition) is 1. The number of benzene rings is 2. The van der Waals surface area contributed by atoms with Crippen molar-refractivity contribution in [1.82, 2.24) is 0 Å². The molecule has 27 heavy (non-hydrogen) atoms. The SMILES string of the molecule is C=C(c1ccc(C(=O)O)cc1)c1cc2c(cc1C)C(C)(C)CC=C2CCC. The lowest BCUT2D eigenvalue weighted by molar-refractivity contribution is 0.0697. The number of fused-ring (bicyclic) bond motifs is 1. The largest absolute Gasteiger partial charge is 0.478 e. The van der Waals surface area contributed by atoms with Crippen LogP contribution >= 0.6 is 0 Å². The first-order valence-electron chi connectivity index (χ1n) is 9.62. The maximum absolute atomic E-state index is 11.1. The molecular weight excluding hydrogens is 332 g/mol. The molecule has 140 valence electrons. The normalized spacial score (nSPS) is 15.0. The van der Waals surface area contributed by atoms with E-state index in [1.165, 1.54) is 22.3 Å². The average molecular weight is 360 g/mol. The van der Waals surface area contributed by atoms with E-state index in [0.717, 1.165) is 36.0 Å². The molecule has 0 aromatic heterocycles. The first-order valence-corrected chi connectivity index (χ1v) is 9.62. The van der Waals surface area contributed by atoms with Gasteiger partial charge in [-0.05, 0) is 82.3 Å². The summed E-state index contributed by atoms with van der Waals surface area (Å²) < 4.78 is 0. The molecule has 0 heterocycles. The molecule has 2 heteroatoms. The van der Waals surface area contributed by atoms with Crippen LogP contribution in [0.15, 0.2) is 49.1 Å². The Bertz CT molecular complexity index is 928. The van der Waals surface area contributed by atoms with E-state index in [1.54, 1.807) is 12.1 Å². The minimum Gasteiger partial charge on any atom is -0.478 e. The summed E-state index contributed by atoms with van der Waals surface area (Å²) in [5.74, 6) is -0.909. The highest BCUT2D eigenvalue weighted by molar-refractivity contribution is 5.89. The highest BCUT2D eigenvalue weighted by Crippen LogP contribution is 2.42. The van der Waals surface area contributed by atoms with Gasteiger partial charge in [-0.15, -0.1) is 0 Å². The first kappa shape index (κ1) is 19.2. The highest BCUT2D eigenvalue weighted by atomic mass is 16.4. The van der Waals surface area contributed by atoms with Crippen LogP contribution < -0.4 is 0 Å². The standard InChI is InChI=1S/C25H28O2/c1-6-7-19-12-13-25(4,5)23-14-16(2)21(15-22(19)23)17(3)18-8-10-20(11-9-18)24(26)27/h8-12,14-15H,3,6-7,13H2,1-2,4-5H3,(H,26,27). The molecule has 2 aromatic carbocycles. The van der Waals surface area contributed by atoms with Crippen molar-refractivity contribution in [1.29, 1.82) is 0 Å². The molecule has 0 fully saturated rings. The minimum absolute atomic E-state index is 0.139. The average Bonchev–Trinajstić information content (AvgIpc) is 2.64. The number of aromatic carboxylic acids is 1. The van der Waals surface area contributed by atoms with Gasteiger partial charge in [-0.2, -0.15) is 0 Å². The Labute approximate surface area is 162 Å². The van der Waals surface area contributed by atoms with Crippen molar-refractivity contribution >= 4 is 17.1 Å². The van der Waals surface area contributed by atoms with E-state index in [0.29, 0.717) is 5.56 Å². The summed E-state index contributed by atoms with van der Waals surface area (Å²) in [6, 6.07) is 11.6. The molecule has 1 aliphatic carbocycles. The summed E-state index contributed by atoms with van der Waals surface area (Å²) in [5.41, 5.74) is 8.88. The summed E-state index contributed by atoms with van der Waals surface area (Å²) in [6.45, 7) is 13.3. The molecule has 0 aliphatic heterocycles. The predicted molar refractivity (Wildman–Crippen MR) is 113 cm³/mol. The molecule has 0 atom stereocenters. The van der Waals surface area contributed by atoms with Gasteiger partial charge in [0.1, 0.15) is 0 Å². The molecule has 0 bridgehead atoms. The second-order valence-electron chi connectivity index (χ2n) is 8.14. The van der Waals surface area contributed by atoms with Crippen molar-refractivity contribution in [2.45, 2.75) is 52.4 Å². The number of rotatable bonds is 5. The number of aryl methyl sites for hydroxylation is 1. The number of carbonyl (C=O) groups is 1. The Morgan fingerprint density at radius 3 is 2.37 bits per heavy atom. The van der Waals surface area contributed by atoms with E-state index in [4.69, 9.17) is 5.11 Å². The van der Waals surface area contributed by atoms with E-state index >= 15 is 0 Å². The van der Waals surface area contributed by atoms with Gasteiger partial charge >= 0.3 is 5.97 Å². The smallest absolute Gasteiger partial charge is 0.335 e. The molecule has 3 rings (SSSR count). The van der Waals surface area contributed by atoms with Crippen molar-refractivity contribution in [2.24, 2.45) is 0 Å². The Morgan fingerprint density at radius 1 is 1.15 bits per heavy atom. The van der Waals surface area contributed by atoms with Crippen LogP contribution in [0.25, 0.3) is 11.1 Å². The maximum atomic E-state index is 11.1. The molecule has 1 N–H and O–H groups in total. The Hall–Kier alpha value is -2.61. The lowest BCUT2D eigenvalue weighted by atomic mass is 9.71. The molecular formula is C25H28O2. The fourth-order valence-electron chi connectivity index (χ4n) is 3.93. The minimum atomic E-state index is -0.909. The summed E-state index contributed by atoms with van der Waals surface area (Å²) in [7, 11) is 0. The van der Waals surface area contributed by atoms with Crippen molar-refractivity contribution in [2.75, 3.05) is 0 Å². The maximum Gasteiger partial charge on any atom is 0.335 e. The van der Waals surface area contributed by atoms with Crippen molar-refractivity contribution in [3.63, 3.8) is 0 Å². The zero-order valence-corrected chi connectivity index (χ0v) is 16.7. The van der Waals surface area contributed by atoms with Gasteiger partial charge in [-0.1, -0.05) is 58.0 Å². The number of carboxylic acids is 1. The van der Waals surface area contributed by atoms with Crippen LogP contribution in [0.2, 0.25) is 0 Å². The number of carboxylic acid groups (broad SMARTS) is 1. The molecule has 0 radical (unpaired) electrons.